The number of hydrazine groups is 1. The molecule has 36 heavy (non-hydrogen) atoms. The van der Waals surface area contributed by atoms with Crippen LogP contribution in [0.25, 0.3) is 0 Å². The molecule has 1 aromatic heterocycles. The molecule has 2 aliphatic rings. The molecule has 11 nitrogen and oxygen atoms in total. The maximum Gasteiger partial charge on any atom is 0.351 e. The molecule has 2 aliphatic heterocycles. The van der Waals surface area contributed by atoms with E-state index in [9.17, 15) is 9.59 Å². The van der Waals surface area contributed by atoms with Crippen molar-refractivity contribution in [2.24, 2.45) is 0 Å². The van der Waals surface area contributed by atoms with Crippen LogP contribution in [0.1, 0.15) is 10.4 Å². The number of hydrogen-bond acceptors (Lipinski definition) is 8. The van der Waals surface area contributed by atoms with Crippen LogP contribution in [0.2, 0.25) is 0 Å². The van der Waals surface area contributed by atoms with Crippen molar-refractivity contribution in [1.29, 1.82) is 0 Å². The number of carbonyl (C=O) groups is 2. The molecule has 3 aromatic rings. The van der Waals surface area contributed by atoms with Crippen molar-refractivity contribution in [3.8, 4) is 0 Å². The average molecular weight is 489 g/mol. The molecule has 0 radical (unpaired) electrons. The van der Waals surface area contributed by atoms with Crippen molar-refractivity contribution in [1.82, 2.24) is 30.2 Å². The fourth-order valence-electron chi connectivity index (χ4n) is 4.27. The normalized spacial score (nSPS) is 16.4. The van der Waals surface area contributed by atoms with Gasteiger partial charge in [0.1, 0.15) is 12.7 Å². The Bertz CT molecular complexity index is 1150. The first-order chi connectivity index (χ1) is 17.7. The van der Waals surface area contributed by atoms with Crippen molar-refractivity contribution in [3.05, 3.63) is 72.8 Å². The Labute approximate surface area is 209 Å². The zero-order chi connectivity index (χ0) is 24.7. The Balaban J connectivity index is 1.49. The molecule has 3 heterocycles. The summed E-state index contributed by atoms with van der Waals surface area (Å²) in [6.45, 7) is 4.93. The van der Waals surface area contributed by atoms with E-state index < -0.39 is 0 Å². The zero-order valence-electron chi connectivity index (χ0n) is 19.9. The lowest BCUT2D eigenvalue weighted by Gasteiger charge is -2.38. The molecule has 2 aromatic carbocycles. The predicted molar refractivity (Wildman–Crippen MR) is 134 cm³/mol. The van der Waals surface area contributed by atoms with E-state index in [2.05, 4.69) is 20.3 Å². The summed E-state index contributed by atoms with van der Waals surface area (Å²) >= 11 is 0. The second kappa shape index (κ2) is 11.2. The van der Waals surface area contributed by atoms with Gasteiger partial charge in [-0.3, -0.25) is 9.69 Å². The van der Waals surface area contributed by atoms with Gasteiger partial charge in [0.2, 0.25) is 0 Å². The van der Waals surface area contributed by atoms with E-state index in [1.54, 1.807) is 29.2 Å². The van der Waals surface area contributed by atoms with Crippen LogP contribution >= 0.6 is 0 Å². The average Bonchev–Trinajstić information content (AvgIpc) is 2.96. The Morgan fingerprint density at radius 3 is 2.14 bits per heavy atom. The number of nitrogens with one attached hydrogen (secondary N) is 1. The zero-order valence-corrected chi connectivity index (χ0v) is 19.9. The van der Waals surface area contributed by atoms with E-state index in [1.165, 1.54) is 17.7 Å². The number of amides is 3. The summed E-state index contributed by atoms with van der Waals surface area (Å²) in [7, 11) is 0. The fraction of sp³-hybridized carbons (Fsp3) is 0.320. The molecule has 0 bridgehead atoms. The van der Waals surface area contributed by atoms with Crippen molar-refractivity contribution in [2.45, 2.75) is 0 Å². The van der Waals surface area contributed by atoms with Gasteiger partial charge in [-0.15, -0.1) is 0 Å². The predicted octanol–water partition coefficient (Wildman–Crippen LogP) is 1.93. The van der Waals surface area contributed by atoms with Crippen molar-refractivity contribution in [2.75, 3.05) is 62.4 Å². The monoisotopic (exact) mass is 488 g/mol. The summed E-state index contributed by atoms with van der Waals surface area (Å²) in [6, 6.07) is 16.2. The number of benzene rings is 2. The Kier molecular flexibility index (Phi) is 7.41. The largest absolute Gasteiger partial charge is 0.379 e. The first-order valence-electron chi connectivity index (χ1n) is 12.0. The van der Waals surface area contributed by atoms with Crippen LogP contribution in [0.5, 0.6) is 0 Å². The molecule has 5 rings (SSSR count). The number of carbonyl (C=O) groups excluding carboxylic acids is 2. The van der Waals surface area contributed by atoms with E-state index in [0.717, 1.165) is 13.1 Å². The summed E-state index contributed by atoms with van der Waals surface area (Å²) in [5.74, 6) is 0.212. The van der Waals surface area contributed by atoms with Crippen molar-refractivity contribution >= 4 is 29.3 Å². The lowest BCUT2D eigenvalue weighted by Crippen LogP contribution is -2.56. The SMILES string of the molecule is O=C(c1ccc(N(C(=O)N(c2ncncn2)N2CCOCC2)c2ccccc2)cc1)N1CCNCC1. The molecular weight excluding hydrogens is 460 g/mol. The van der Waals surface area contributed by atoms with Gasteiger partial charge in [-0.2, -0.15) is 15.0 Å². The van der Waals surface area contributed by atoms with Gasteiger partial charge in [-0.25, -0.2) is 14.8 Å². The van der Waals surface area contributed by atoms with Gasteiger partial charge in [0, 0.05) is 44.8 Å². The molecule has 0 unspecified atom stereocenters. The minimum atomic E-state index is -0.351. The number of nitrogens with zero attached hydrogens (tertiary/aromatic N) is 7. The van der Waals surface area contributed by atoms with Gasteiger partial charge in [-0.05, 0) is 36.4 Å². The molecule has 186 valence electrons. The van der Waals surface area contributed by atoms with E-state index in [0.29, 0.717) is 56.3 Å². The number of piperazine rings is 1. The second-order valence-corrected chi connectivity index (χ2v) is 8.36. The third-order valence-corrected chi connectivity index (χ3v) is 6.10. The molecule has 0 saturated carbocycles. The number of ether oxygens (including phenoxy) is 1. The van der Waals surface area contributed by atoms with Gasteiger partial charge in [-0.1, -0.05) is 18.2 Å². The summed E-state index contributed by atoms with van der Waals surface area (Å²) < 4.78 is 5.49. The third-order valence-electron chi connectivity index (χ3n) is 6.10. The van der Waals surface area contributed by atoms with E-state index in [-0.39, 0.29) is 17.9 Å². The van der Waals surface area contributed by atoms with Crippen LogP contribution in [0.4, 0.5) is 22.1 Å². The number of aromatic nitrogens is 3. The van der Waals surface area contributed by atoms with Crippen LogP contribution in [0.3, 0.4) is 0 Å². The van der Waals surface area contributed by atoms with Crippen LogP contribution in [0.15, 0.2) is 67.3 Å². The maximum atomic E-state index is 14.2. The summed E-state index contributed by atoms with van der Waals surface area (Å²) in [4.78, 5) is 43.0. The lowest BCUT2D eigenvalue weighted by molar-refractivity contribution is 0.0357. The van der Waals surface area contributed by atoms with E-state index in [1.807, 2.05) is 40.2 Å². The van der Waals surface area contributed by atoms with Gasteiger partial charge in [0.05, 0.1) is 24.6 Å². The minimum absolute atomic E-state index is 0.0132. The highest BCUT2D eigenvalue weighted by molar-refractivity contribution is 6.07. The van der Waals surface area contributed by atoms with Gasteiger partial charge >= 0.3 is 6.03 Å². The molecule has 2 fully saturated rings. The maximum absolute atomic E-state index is 14.2. The third kappa shape index (κ3) is 5.18. The molecular formula is C25H28N8O3. The Hall–Kier alpha value is -3.93. The molecule has 2 saturated heterocycles. The van der Waals surface area contributed by atoms with E-state index in [4.69, 9.17) is 4.74 Å². The van der Waals surface area contributed by atoms with Crippen molar-refractivity contribution in [3.63, 3.8) is 0 Å². The Morgan fingerprint density at radius 2 is 1.47 bits per heavy atom. The lowest BCUT2D eigenvalue weighted by atomic mass is 10.1. The highest BCUT2D eigenvalue weighted by Gasteiger charge is 2.33. The van der Waals surface area contributed by atoms with Gasteiger partial charge in [0.25, 0.3) is 11.9 Å². The minimum Gasteiger partial charge on any atom is -0.379 e. The summed E-state index contributed by atoms with van der Waals surface area (Å²) in [5.41, 5.74) is 1.88. The fourth-order valence-corrected chi connectivity index (χ4v) is 4.27. The van der Waals surface area contributed by atoms with Crippen LogP contribution in [0, 0.1) is 0 Å². The number of anilines is 3. The standard InChI is InChI=1S/C25H28N8O3/c34-23(30-12-10-26-11-13-30)20-6-8-22(9-7-20)32(21-4-2-1-3-5-21)25(35)33(24-28-18-27-19-29-24)31-14-16-36-17-15-31/h1-9,18-19,26H,10-17H2. The van der Waals surface area contributed by atoms with Crippen LogP contribution in [-0.2, 0) is 4.74 Å². The second-order valence-electron chi connectivity index (χ2n) is 8.36. The van der Waals surface area contributed by atoms with Gasteiger partial charge < -0.3 is 15.0 Å². The molecule has 0 atom stereocenters. The highest BCUT2D eigenvalue weighted by Crippen LogP contribution is 2.29. The molecule has 3 amide bonds. The first kappa shape index (κ1) is 23.8. The molecule has 0 aliphatic carbocycles. The number of urea groups is 1. The van der Waals surface area contributed by atoms with Crippen LogP contribution < -0.4 is 15.2 Å². The van der Waals surface area contributed by atoms with E-state index >= 15 is 0 Å². The molecule has 11 heteroatoms. The summed E-state index contributed by atoms with van der Waals surface area (Å²) in [6.07, 6.45) is 2.73. The van der Waals surface area contributed by atoms with Crippen LogP contribution in [-0.4, -0.2) is 89.3 Å². The quantitative estimate of drug-likeness (QED) is 0.581. The molecule has 1 N–H and O–H groups in total. The summed E-state index contributed by atoms with van der Waals surface area (Å²) in [5, 5.41) is 6.60. The first-order valence-corrected chi connectivity index (χ1v) is 12.0. The number of morpholine rings is 1. The smallest absolute Gasteiger partial charge is 0.351 e. The molecule has 0 spiro atoms. The topological polar surface area (TPSA) is 107 Å². The number of hydrogen-bond donors (Lipinski definition) is 1. The van der Waals surface area contributed by atoms with Gasteiger partial charge in [0.15, 0.2) is 0 Å². The van der Waals surface area contributed by atoms with Crippen molar-refractivity contribution < 1.29 is 14.3 Å². The highest BCUT2D eigenvalue weighted by atomic mass is 16.5. The Morgan fingerprint density at radius 1 is 0.833 bits per heavy atom. The number of para-hydroxylation sites is 1. The number of rotatable bonds is 5.